The summed E-state index contributed by atoms with van der Waals surface area (Å²) in [5.74, 6) is -0.672. The average Bonchev–Trinajstić information content (AvgIpc) is 2.55. The maximum Gasteiger partial charge on any atom is 0.331 e. The van der Waals surface area contributed by atoms with Crippen LogP contribution in [-0.2, 0) is 16.0 Å². The topological polar surface area (TPSA) is 72.8 Å². The van der Waals surface area contributed by atoms with E-state index in [1.807, 2.05) is 25.1 Å². The fraction of sp³-hybridized carbons (Fsp3) is 0.263. The van der Waals surface area contributed by atoms with E-state index in [4.69, 9.17) is 14.6 Å². The second-order valence-electron chi connectivity index (χ2n) is 5.42. The molecule has 2 rings (SSSR count). The van der Waals surface area contributed by atoms with E-state index in [1.54, 1.807) is 12.1 Å². The van der Waals surface area contributed by atoms with Gasteiger partial charge in [0.05, 0.1) is 7.11 Å². The minimum atomic E-state index is -0.988. The van der Waals surface area contributed by atoms with Gasteiger partial charge in [-0.15, -0.1) is 0 Å². The molecule has 0 atom stereocenters. The molecule has 0 heterocycles. The lowest BCUT2D eigenvalue weighted by molar-refractivity contribution is -0.133. The first kappa shape index (κ1) is 17.5. The molecular weight excluding hydrogens is 308 g/mol. The smallest absolute Gasteiger partial charge is 0.331 e. The molecule has 0 aliphatic rings. The molecule has 0 spiro atoms. The molecule has 0 aromatic heterocycles. The first-order chi connectivity index (χ1) is 11.4. The van der Waals surface area contributed by atoms with E-state index in [0.29, 0.717) is 17.1 Å². The highest BCUT2D eigenvalue weighted by atomic mass is 16.6. The highest BCUT2D eigenvalue weighted by Gasteiger charge is 2.18. The molecule has 0 fully saturated rings. The molecule has 0 saturated heterocycles. The number of esters is 1. The lowest BCUT2D eigenvalue weighted by atomic mass is 9.96. The third-order valence-corrected chi connectivity index (χ3v) is 3.76. The van der Waals surface area contributed by atoms with Crippen LogP contribution in [0, 0.1) is 0 Å². The van der Waals surface area contributed by atoms with Crippen LogP contribution in [-0.4, -0.2) is 24.2 Å². The third-order valence-electron chi connectivity index (χ3n) is 3.76. The number of methoxy groups -OCH3 is 1. The molecule has 126 valence electrons. The molecule has 0 saturated carbocycles. The van der Waals surface area contributed by atoms with Gasteiger partial charge in [-0.25, -0.2) is 4.79 Å². The lowest BCUT2D eigenvalue weighted by Gasteiger charge is -2.16. The Morgan fingerprint density at radius 1 is 1.25 bits per heavy atom. The number of benzene rings is 2. The van der Waals surface area contributed by atoms with Crippen molar-refractivity contribution in [2.75, 3.05) is 7.11 Å². The van der Waals surface area contributed by atoms with Crippen molar-refractivity contribution in [1.29, 1.82) is 0 Å². The van der Waals surface area contributed by atoms with Crippen LogP contribution >= 0.6 is 0 Å². The number of ether oxygens (including phenoxy) is 2. The number of carboxylic acids is 1. The summed E-state index contributed by atoms with van der Waals surface area (Å²) in [5, 5.41) is 10.7. The number of rotatable bonds is 5. The van der Waals surface area contributed by atoms with Gasteiger partial charge in [-0.3, -0.25) is 4.79 Å². The quantitative estimate of drug-likeness (QED) is 0.513. The number of hydrogen-bond donors (Lipinski definition) is 1. The van der Waals surface area contributed by atoms with Crippen molar-refractivity contribution >= 4 is 28.8 Å². The molecule has 2 aromatic carbocycles. The van der Waals surface area contributed by atoms with Gasteiger partial charge in [0.1, 0.15) is 0 Å². The molecule has 0 unspecified atom stereocenters. The van der Waals surface area contributed by atoms with Crippen molar-refractivity contribution < 1.29 is 24.2 Å². The normalized spacial score (nSPS) is 11.4. The maximum absolute atomic E-state index is 11.5. The van der Waals surface area contributed by atoms with E-state index >= 15 is 0 Å². The Bertz CT molecular complexity index is 833. The van der Waals surface area contributed by atoms with Crippen molar-refractivity contribution in [2.24, 2.45) is 0 Å². The van der Waals surface area contributed by atoms with E-state index in [1.165, 1.54) is 21.0 Å². The van der Waals surface area contributed by atoms with Crippen LogP contribution in [0.4, 0.5) is 0 Å². The molecule has 24 heavy (non-hydrogen) atoms. The summed E-state index contributed by atoms with van der Waals surface area (Å²) in [5.41, 5.74) is 1.90. The van der Waals surface area contributed by atoms with E-state index in [-0.39, 0.29) is 5.57 Å². The SMILES string of the molecule is CCc1cccc2c(C=C(C)C(=O)O)cc(OC)c(OC(C)=O)c12. The summed E-state index contributed by atoms with van der Waals surface area (Å²) in [4.78, 5) is 22.7. The number of hydrogen-bond acceptors (Lipinski definition) is 4. The Balaban J connectivity index is 2.90. The van der Waals surface area contributed by atoms with Gasteiger partial charge in [0.15, 0.2) is 11.5 Å². The highest BCUT2D eigenvalue weighted by Crippen LogP contribution is 2.41. The number of aliphatic carboxylic acids is 1. The van der Waals surface area contributed by atoms with Crippen LogP contribution in [0.3, 0.4) is 0 Å². The van der Waals surface area contributed by atoms with Crippen LogP contribution in [0.15, 0.2) is 29.8 Å². The number of aryl methyl sites for hydroxylation is 1. The minimum Gasteiger partial charge on any atom is -0.493 e. The Morgan fingerprint density at radius 3 is 2.50 bits per heavy atom. The zero-order chi connectivity index (χ0) is 17.9. The number of carbonyl (C=O) groups excluding carboxylic acids is 1. The highest BCUT2D eigenvalue weighted by molar-refractivity contribution is 6.02. The van der Waals surface area contributed by atoms with Crippen LogP contribution in [0.5, 0.6) is 11.5 Å². The molecule has 5 nitrogen and oxygen atoms in total. The maximum atomic E-state index is 11.5. The molecule has 0 radical (unpaired) electrons. The van der Waals surface area contributed by atoms with E-state index in [9.17, 15) is 9.59 Å². The Kier molecular flexibility index (Phi) is 5.24. The zero-order valence-corrected chi connectivity index (χ0v) is 14.2. The fourth-order valence-electron chi connectivity index (χ4n) is 2.62. The average molecular weight is 328 g/mol. The van der Waals surface area contributed by atoms with Crippen molar-refractivity contribution in [2.45, 2.75) is 27.2 Å². The van der Waals surface area contributed by atoms with Gasteiger partial charge in [0.25, 0.3) is 0 Å². The van der Waals surface area contributed by atoms with Crippen molar-refractivity contribution in [3.05, 3.63) is 41.0 Å². The fourth-order valence-corrected chi connectivity index (χ4v) is 2.62. The van der Waals surface area contributed by atoms with Gasteiger partial charge in [0, 0.05) is 17.9 Å². The predicted molar refractivity (Wildman–Crippen MR) is 92.5 cm³/mol. The van der Waals surface area contributed by atoms with Crippen molar-refractivity contribution in [1.82, 2.24) is 0 Å². The molecule has 0 aliphatic carbocycles. The Hall–Kier alpha value is -2.82. The van der Waals surface area contributed by atoms with E-state index < -0.39 is 11.9 Å². The van der Waals surface area contributed by atoms with Gasteiger partial charge < -0.3 is 14.6 Å². The number of fused-ring (bicyclic) bond motifs is 1. The first-order valence-electron chi connectivity index (χ1n) is 7.61. The van der Waals surface area contributed by atoms with Crippen molar-refractivity contribution in [3.8, 4) is 11.5 Å². The molecule has 1 N–H and O–H groups in total. The summed E-state index contributed by atoms with van der Waals surface area (Å²) >= 11 is 0. The summed E-state index contributed by atoms with van der Waals surface area (Å²) in [6, 6.07) is 7.42. The zero-order valence-electron chi connectivity index (χ0n) is 14.2. The number of carbonyl (C=O) groups is 2. The Labute approximate surface area is 140 Å². The summed E-state index contributed by atoms with van der Waals surface area (Å²) in [6.07, 6.45) is 2.32. The van der Waals surface area contributed by atoms with E-state index in [2.05, 4.69) is 0 Å². The molecule has 0 amide bonds. The molecule has 5 heteroatoms. The second kappa shape index (κ2) is 7.17. The van der Waals surface area contributed by atoms with Gasteiger partial charge in [0.2, 0.25) is 0 Å². The van der Waals surface area contributed by atoms with Crippen LogP contribution in [0.1, 0.15) is 31.9 Å². The monoisotopic (exact) mass is 328 g/mol. The van der Waals surface area contributed by atoms with E-state index in [0.717, 1.165) is 22.8 Å². The van der Waals surface area contributed by atoms with Crippen LogP contribution in [0.2, 0.25) is 0 Å². The minimum absolute atomic E-state index is 0.209. The predicted octanol–water partition coefficient (Wildman–Crippen LogP) is 3.82. The standard InChI is InChI=1S/C19H20O5/c1-5-13-7-6-8-15-14(9-11(2)19(21)22)10-16(23-4)18(17(13)15)24-12(3)20/h6-10H,5H2,1-4H3,(H,21,22). The van der Waals surface area contributed by atoms with Gasteiger partial charge in [-0.2, -0.15) is 0 Å². The molecule has 0 bridgehead atoms. The summed E-state index contributed by atoms with van der Waals surface area (Å²) < 4.78 is 10.8. The molecular formula is C19H20O5. The number of carboxylic acid groups (broad SMARTS) is 1. The van der Waals surface area contributed by atoms with Gasteiger partial charge >= 0.3 is 11.9 Å². The summed E-state index contributed by atoms with van der Waals surface area (Å²) in [7, 11) is 1.49. The second-order valence-corrected chi connectivity index (χ2v) is 5.42. The summed E-state index contributed by atoms with van der Waals surface area (Å²) in [6.45, 7) is 4.87. The van der Waals surface area contributed by atoms with Crippen LogP contribution < -0.4 is 9.47 Å². The van der Waals surface area contributed by atoms with Gasteiger partial charge in [-0.05, 0) is 42.0 Å². The Morgan fingerprint density at radius 2 is 1.96 bits per heavy atom. The van der Waals surface area contributed by atoms with Gasteiger partial charge in [-0.1, -0.05) is 25.1 Å². The third kappa shape index (κ3) is 3.40. The van der Waals surface area contributed by atoms with Crippen molar-refractivity contribution in [3.63, 3.8) is 0 Å². The first-order valence-corrected chi connectivity index (χ1v) is 7.61. The lowest BCUT2D eigenvalue weighted by Crippen LogP contribution is -2.05. The molecule has 2 aromatic rings. The van der Waals surface area contributed by atoms with Crippen LogP contribution in [0.25, 0.3) is 16.8 Å². The molecule has 0 aliphatic heterocycles. The largest absolute Gasteiger partial charge is 0.493 e.